The molecule has 1 amide bonds. The molecule has 8 nitrogen and oxygen atoms in total. The van der Waals surface area contributed by atoms with Crippen LogP contribution < -0.4 is 5.32 Å². The zero-order valence-electron chi connectivity index (χ0n) is 15.3. The molecule has 0 radical (unpaired) electrons. The highest BCUT2D eigenvalue weighted by atomic mass is 16.4. The Hall–Kier alpha value is -3.26. The number of benzene rings is 1. The molecule has 0 spiro atoms. The fourth-order valence-electron chi connectivity index (χ4n) is 3.57. The molecule has 3 aromatic rings. The first-order chi connectivity index (χ1) is 13.6. The largest absolute Gasteiger partial charge is 0.480 e. The van der Waals surface area contributed by atoms with E-state index in [4.69, 9.17) is 5.11 Å². The smallest absolute Gasteiger partial charge is 0.317 e. The molecular weight excluding hydrogens is 358 g/mol. The molecule has 0 aliphatic carbocycles. The van der Waals surface area contributed by atoms with E-state index in [1.54, 1.807) is 12.4 Å². The lowest BCUT2D eigenvalue weighted by Gasteiger charge is -2.29. The van der Waals surface area contributed by atoms with Gasteiger partial charge >= 0.3 is 5.97 Å². The van der Waals surface area contributed by atoms with Gasteiger partial charge in [-0.3, -0.25) is 19.6 Å². The number of carbonyl (C=O) groups excluding carboxylic acids is 1. The number of hydrogen-bond donors (Lipinski definition) is 3. The van der Waals surface area contributed by atoms with Gasteiger partial charge in [0.25, 0.3) is 0 Å². The van der Waals surface area contributed by atoms with E-state index in [-0.39, 0.29) is 18.4 Å². The average molecular weight is 379 g/mol. The number of aliphatic carboxylic acids is 1. The van der Waals surface area contributed by atoms with Gasteiger partial charge in [0, 0.05) is 29.3 Å². The molecule has 1 aliphatic rings. The van der Waals surface area contributed by atoms with Crippen molar-refractivity contribution < 1.29 is 14.7 Å². The molecule has 4 rings (SSSR count). The summed E-state index contributed by atoms with van der Waals surface area (Å²) in [5.41, 5.74) is 2.04. The Morgan fingerprint density at radius 3 is 2.68 bits per heavy atom. The molecule has 1 aromatic carbocycles. The van der Waals surface area contributed by atoms with Crippen molar-refractivity contribution in [2.45, 2.75) is 12.8 Å². The van der Waals surface area contributed by atoms with Gasteiger partial charge in [0.2, 0.25) is 5.91 Å². The van der Waals surface area contributed by atoms with Crippen molar-refractivity contribution in [1.82, 2.24) is 20.1 Å². The normalized spacial score (nSPS) is 15.6. The van der Waals surface area contributed by atoms with Crippen molar-refractivity contribution in [3.05, 3.63) is 42.9 Å². The third-order valence-corrected chi connectivity index (χ3v) is 5.12. The van der Waals surface area contributed by atoms with Crippen LogP contribution >= 0.6 is 0 Å². The van der Waals surface area contributed by atoms with E-state index < -0.39 is 5.97 Å². The van der Waals surface area contributed by atoms with E-state index in [2.05, 4.69) is 20.5 Å². The highest BCUT2D eigenvalue weighted by Gasteiger charge is 2.26. The number of hydrogen-bond acceptors (Lipinski definition) is 5. The van der Waals surface area contributed by atoms with Crippen molar-refractivity contribution in [3.63, 3.8) is 0 Å². The summed E-state index contributed by atoms with van der Waals surface area (Å²) in [6.07, 6.45) is 6.65. The van der Waals surface area contributed by atoms with Crippen LogP contribution in [-0.4, -0.2) is 56.7 Å². The molecule has 3 heterocycles. The van der Waals surface area contributed by atoms with Gasteiger partial charge in [0.15, 0.2) is 0 Å². The molecule has 0 saturated carbocycles. The predicted molar refractivity (Wildman–Crippen MR) is 105 cm³/mol. The van der Waals surface area contributed by atoms with E-state index in [1.807, 2.05) is 35.4 Å². The minimum Gasteiger partial charge on any atom is -0.480 e. The van der Waals surface area contributed by atoms with Gasteiger partial charge in [0.05, 0.1) is 12.7 Å². The summed E-state index contributed by atoms with van der Waals surface area (Å²) < 4.78 is 0. The van der Waals surface area contributed by atoms with Gasteiger partial charge in [0.1, 0.15) is 5.82 Å². The molecule has 2 aromatic heterocycles. The van der Waals surface area contributed by atoms with E-state index >= 15 is 0 Å². The Labute approximate surface area is 161 Å². The predicted octanol–water partition coefficient (Wildman–Crippen LogP) is 2.36. The van der Waals surface area contributed by atoms with E-state index in [0.717, 1.165) is 21.9 Å². The number of carboxylic acid groups (broad SMARTS) is 1. The number of rotatable bonds is 5. The molecule has 1 fully saturated rings. The number of piperidine rings is 1. The average Bonchev–Trinajstić information content (AvgIpc) is 3.22. The maximum Gasteiger partial charge on any atom is 0.317 e. The number of nitrogens with zero attached hydrogens (tertiary/aromatic N) is 3. The van der Waals surface area contributed by atoms with Crippen molar-refractivity contribution in [3.8, 4) is 11.1 Å². The van der Waals surface area contributed by atoms with Crippen LogP contribution in [0.4, 0.5) is 5.82 Å². The van der Waals surface area contributed by atoms with E-state index in [1.165, 1.54) is 0 Å². The molecule has 8 heteroatoms. The fraction of sp³-hybridized carbons (Fsp3) is 0.300. The first-order valence-corrected chi connectivity index (χ1v) is 9.22. The lowest BCUT2D eigenvalue weighted by Crippen LogP contribution is -2.40. The second-order valence-electron chi connectivity index (χ2n) is 7.05. The minimum absolute atomic E-state index is 0.0273. The third-order valence-electron chi connectivity index (χ3n) is 5.12. The number of nitrogens with one attached hydrogen (secondary N) is 2. The van der Waals surface area contributed by atoms with Crippen LogP contribution in [0, 0.1) is 5.92 Å². The fourth-order valence-corrected chi connectivity index (χ4v) is 3.57. The highest BCUT2D eigenvalue weighted by molar-refractivity contribution is 5.95. The van der Waals surface area contributed by atoms with E-state index in [0.29, 0.717) is 31.7 Å². The van der Waals surface area contributed by atoms with Crippen LogP contribution in [0.25, 0.3) is 21.9 Å². The van der Waals surface area contributed by atoms with Gasteiger partial charge in [-0.05, 0) is 49.0 Å². The summed E-state index contributed by atoms with van der Waals surface area (Å²) in [4.78, 5) is 29.6. The number of amides is 1. The maximum absolute atomic E-state index is 12.6. The zero-order valence-corrected chi connectivity index (χ0v) is 15.3. The molecular formula is C20H21N5O3. The van der Waals surface area contributed by atoms with Crippen molar-refractivity contribution in [2.75, 3.05) is 25.0 Å². The quantitative estimate of drug-likeness (QED) is 0.628. The zero-order chi connectivity index (χ0) is 19.5. The Morgan fingerprint density at radius 1 is 1.14 bits per heavy atom. The summed E-state index contributed by atoms with van der Waals surface area (Å²) in [6, 6.07) is 7.92. The number of carbonyl (C=O) groups is 2. The number of pyridine rings is 1. The topological polar surface area (TPSA) is 111 Å². The molecule has 3 N–H and O–H groups in total. The van der Waals surface area contributed by atoms with Gasteiger partial charge in [-0.2, -0.15) is 5.10 Å². The van der Waals surface area contributed by atoms with Crippen molar-refractivity contribution in [1.29, 1.82) is 0 Å². The first kappa shape index (κ1) is 18.1. The first-order valence-electron chi connectivity index (χ1n) is 9.22. The summed E-state index contributed by atoms with van der Waals surface area (Å²) in [5, 5.41) is 20.5. The second kappa shape index (κ2) is 7.77. The second-order valence-corrected chi connectivity index (χ2v) is 7.05. The highest BCUT2D eigenvalue weighted by Crippen LogP contribution is 2.25. The SMILES string of the molecule is O=C(O)CN1CCC(C(=O)Nc2cc3cc(-c4cn[nH]c4)ccc3cn2)CC1. The van der Waals surface area contributed by atoms with Crippen LogP contribution in [0.3, 0.4) is 0 Å². The van der Waals surface area contributed by atoms with Crippen LogP contribution in [0.2, 0.25) is 0 Å². The molecule has 0 atom stereocenters. The Kier molecular flexibility index (Phi) is 5.03. The number of H-pyrrole nitrogens is 1. The van der Waals surface area contributed by atoms with E-state index in [9.17, 15) is 9.59 Å². The summed E-state index contributed by atoms with van der Waals surface area (Å²) >= 11 is 0. The van der Waals surface area contributed by atoms with Crippen molar-refractivity contribution >= 4 is 28.5 Å². The lowest BCUT2D eigenvalue weighted by molar-refractivity contribution is -0.138. The number of likely N-dealkylation sites (tertiary alicyclic amines) is 1. The Balaban J connectivity index is 1.44. The summed E-state index contributed by atoms with van der Waals surface area (Å²) in [5.74, 6) is -0.500. The molecule has 1 aliphatic heterocycles. The van der Waals surface area contributed by atoms with Crippen LogP contribution in [0.1, 0.15) is 12.8 Å². The molecule has 28 heavy (non-hydrogen) atoms. The number of aromatic amines is 1. The minimum atomic E-state index is -0.835. The molecule has 0 unspecified atom stereocenters. The Morgan fingerprint density at radius 2 is 1.96 bits per heavy atom. The van der Waals surface area contributed by atoms with Crippen LogP contribution in [-0.2, 0) is 9.59 Å². The van der Waals surface area contributed by atoms with Gasteiger partial charge < -0.3 is 10.4 Å². The van der Waals surface area contributed by atoms with Gasteiger partial charge in [-0.1, -0.05) is 12.1 Å². The standard InChI is InChI=1S/C20H21N5O3/c26-19(27)12-25-5-3-13(4-6-25)20(28)24-18-8-16-7-14(17-10-22-23-11-17)1-2-15(16)9-21-18/h1-2,7-11,13H,3-6,12H2,(H,22,23)(H,26,27)(H,21,24,28). The number of carboxylic acids is 1. The third kappa shape index (κ3) is 4.01. The Bertz CT molecular complexity index is 994. The molecule has 0 bridgehead atoms. The number of anilines is 1. The van der Waals surface area contributed by atoms with Crippen molar-refractivity contribution in [2.24, 2.45) is 5.92 Å². The lowest BCUT2D eigenvalue weighted by atomic mass is 9.96. The van der Waals surface area contributed by atoms with Crippen LogP contribution in [0.5, 0.6) is 0 Å². The molecule has 1 saturated heterocycles. The summed E-state index contributed by atoms with van der Waals surface area (Å²) in [7, 11) is 0. The molecule has 144 valence electrons. The summed E-state index contributed by atoms with van der Waals surface area (Å²) in [6.45, 7) is 1.26. The number of fused-ring (bicyclic) bond motifs is 1. The van der Waals surface area contributed by atoms with Gasteiger partial charge in [-0.15, -0.1) is 0 Å². The number of aromatic nitrogens is 3. The van der Waals surface area contributed by atoms with Gasteiger partial charge in [-0.25, -0.2) is 4.98 Å². The van der Waals surface area contributed by atoms with Crippen LogP contribution in [0.15, 0.2) is 42.9 Å². The maximum atomic E-state index is 12.6. The monoisotopic (exact) mass is 379 g/mol.